The molecule has 9 nitrogen and oxygen atoms in total. The van der Waals surface area contributed by atoms with E-state index in [0.29, 0.717) is 30.0 Å². The largest absolute Gasteiger partial charge is 0.371 e. The van der Waals surface area contributed by atoms with Gasteiger partial charge in [-0.2, -0.15) is 8.15 Å². The molecule has 1 fully saturated rings. The van der Waals surface area contributed by atoms with Crippen molar-refractivity contribution in [2.24, 2.45) is 5.14 Å². The van der Waals surface area contributed by atoms with Gasteiger partial charge in [-0.1, -0.05) is 12.1 Å². The van der Waals surface area contributed by atoms with Crippen molar-refractivity contribution in [3.8, 4) is 0 Å². The van der Waals surface area contributed by atoms with Gasteiger partial charge in [-0.05, 0) is 60.7 Å². The molecule has 4 aromatic rings. The molecule has 5 rings (SSSR count). The maximum absolute atomic E-state index is 12.8. The number of fused-ring (bicyclic) bond motifs is 1. The third-order valence-electron chi connectivity index (χ3n) is 6.13. The molecule has 5 N–H and O–H groups in total. The Morgan fingerprint density at radius 1 is 1.05 bits per heavy atom. The van der Waals surface area contributed by atoms with Crippen molar-refractivity contribution < 1.29 is 12.9 Å². The number of aromatic nitrogens is 1. The first kappa shape index (κ1) is 24.2. The zero-order valence-corrected chi connectivity index (χ0v) is 21.0. The first-order valence-corrected chi connectivity index (χ1v) is 13.6. The maximum atomic E-state index is 12.8. The minimum atomic E-state index is -2.41. The van der Waals surface area contributed by atoms with Gasteiger partial charge in [0.25, 0.3) is 5.91 Å². The van der Waals surface area contributed by atoms with Crippen LogP contribution in [0.3, 0.4) is 0 Å². The van der Waals surface area contributed by atoms with Crippen molar-refractivity contribution in [2.75, 3.05) is 35.3 Å². The van der Waals surface area contributed by atoms with Crippen LogP contribution in [-0.2, 0) is 9.92 Å². The van der Waals surface area contributed by atoms with Gasteiger partial charge >= 0.3 is 0 Å². The minimum absolute atomic E-state index is 0.154. The second-order valence-electron chi connectivity index (χ2n) is 8.96. The maximum Gasteiger partial charge on any atom is 0.255 e. The normalized spacial score (nSPS) is 14.8. The lowest BCUT2D eigenvalue weighted by Gasteiger charge is -2.26. The summed E-state index contributed by atoms with van der Waals surface area (Å²) in [6.45, 7) is 8.48. The van der Waals surface area contributed by atoms with E-state index in [1.807, 2.05) is 54.6 Å². The summed E-state index contributed by atoms with van der Waals surface area (Å²) in [5, 5.41) is 16.2. The SMILES string of the molecule is [C-]#[N+]c1ccc2nccc(Nc3ccc(C(=O)Nc4cccc(NC5C[N+](=S(C)(N)=O)C5)c4)cc3)c2c1. The van der Waals surface area contributed by atoms with E-state index >= 15 is 0 Å². The number of anilines is 4. The first-order chi connectivity index (χ1) is 17.8. The van der Waals surface area contributed by atoms with Crippen LogP contribution < -0.4 is 21.1 Å². The van der Waals surface area contributed by atoms with E-state index in [2.05, 4.69) is 25.8 Å². The Hall–Kier alpha value is -4.46. The molecule has 1 atom stereocenters. The molecule has 1 aliphatic rings. The number of carbonyl (C=O) groups is 1. The standard InChI is InChI=1S/C27H25N7O2S/c1-29-20-10-11-25-24(15-20)26(12-13-30-25)32-19-8-6-18(7-9-19)27(35)33-22-5-3-4-21(14-22)31-23-16-34(17-23)37(2,28)36/h3-15,23,28,31H,16-17H2,2H3,(H2,30,32,33,35)/p+1. The van der Waals surface area contributed by atoms with Crippen molar-refractivity contribution in [2.45, 2.75) is 6.04 Å². The third-order valence-corrected chi connectivity index (χ3v) is 7.46. The first-order valence-electron chi connectivity index (χ1n) is 11.6. The molecular weight excluding hydrogens is 486 g/mol. The number of pyridine rings is 1. The summed E-state index contributed by atoms with van der Waals surface area (Å²) in [7, 11) is -2.41. The van der Waals surface area contributed by atoms with E-state index in [0.717, 1.165) is 28.0 Å². The summed E-state index contributed by atoms with van der Waals surface area (Å²) in [5.74, 6) is -0.219. The predicted octanol–water partition coefficient (Wildman–Crippen LogP) is 4.56. The Bertz CT molecular complexity index is 1650. The number of nitrogens with two attached hydrogens (primary N) is 1. The highest BCUT2D eigenvalue weighted by Crippen LogP contribution is 2.29. The van der Waals surface area contributed by atoms with E-state index in [4.69, 9.17) is 11.7 Å². The molecule has 37 heavy (non-hydrogen) atoms. The van der Waals surface area contributed by atoms with Crippen LogP contribution in [0.1, 0.15) is 10.4 Å². The summed E-state index contributed by atoms with van der Waals surface area (Å²) in [6, 6.07) is 22.1. The molecule has 0 aliphatic carbocycles. The Morgan fingerprint density at radius 2 is 1.81 bits per heavy atom. The zero-order valence-electron chi connectivity index (χ0n) is 20.1. The molecule has 1 amide bonds. The van der Waals surface area contributed by atoms with E-state index in [9.17, 15) is 9.00 Å². The molecule has 1 unspecified atom stereocenters. The second-order valence-corrected chi connectivity index (χ2v) is 11.2. The Morgan fingerprint density at radius 3 is 2.54 bits per heavy atom. The lowest BCUT2D eigenvalue weighted by Crippen LogP contribution is -2.52. The van der Waals surface area contributed by atoms with Gasteiger partial charge in [-0.3, -0.25) is 9.78 Å². The fourth-order valence-electron chi connectivity index (χ4n) is 4.12. The predicted molar refractivity (Wildman–Crippen MR) is 148 cm³/mol. The number of amides is 1. The average molecular weight is 513 g/mol. The van der Waals surface area contributed by atoms with Crippen molar-refractivity contribution in [1.29, 1.82) is 0 Å². The molecule has 0 radical (unpaired) electrons. The Labute approximate surface area is 215 Å². The van der Waals surface area contributed by atoms with Crippen LogP contribution in [0.5, 0.6) is 0 Å². The molecule has 0 bridgehead atoms. The summed E-state index contributed by atoms with van der Waals surface area (Å²) in [6.07, 6.45) is 3.25. The van der Waals surface area contributed by atoms with Crippen LogP contribution in [-0.4, -0.2) is 44.4 Å². The van der Waals surface area contributed by atoms with E-state index < -0.39 is 9.92 Å². The van der Waals surface area contributed by atoms with Crippen molar-refractivity contribution >= 4 is 55.2 Å². The molecule has 10 heteroatoms. The molecule has 3 aromatic carbocycles. The van der Waals surface area contributed by atoms with Crippen LogP contribution in [0.2, 0.25) is 0 Å². The molecule has 0 spiro atoms. The van der Waals surface area contributed by atoms with Gasteiger partial charge in [0, 0.05) is 39.9 Å². The van der Waals surface area contributed by atoms with Crippen molar-refractivity contribution in [1.82, 2.24) is 4.98 Å². The lowest BCUT2D eigenvalue weighted by atomic mass is 10.1. The van der Waals surface area contributed by atoms with Crippen LogP contribution in [0.25, 0.3) is 15.7 Å². The number of nitrogens with zero attached hydrogens (tertiary/aromatic N) is 3. The number of nitrogens with one attached hydrogen (secondary N) is 3. The highest BCUT2D eigenvalue weighted by molar-refractivity contribution is 7.88. The highest BCUT2D eigenvalue weighted by atomic mass is 32.2. The van der Waals surface area contributed by atoms with Crippen LogP contribution in [0.15, 0.2) is 79.0 Å². The lowest BCUT2D eigenvalue weighted by molar-refractivity contribution is -0.565. The number of carbonyl (C=O) groups excluding carboxylic acids is 1. The highest BCUT2D eigenvalue weighted by Gasteiger charge is 2.34. The average Bonchev–Trinajstić information content (AvgIpc) is 2.86. The van der Waals surface area contributed by atoms with E-state index in [-0.39, 0.29) is 11.9 Å². The van der Waals surface area contributed by atoms with Crippen LogP contribution in [0, 0.1) is 6.57 Å². The van der Waals surface area contributed by atoms with Gasteiger partial charge in [0.05, 0.1) is 18.3 Å². The fraction of sp³-hybridized carbons (Fsp3) is 0.148. The monoisotopic (exact) mass is 512 g/mol. The van der Waals surface area contributed by atoms with Gasteiger partial charge in [0.1, 0.15) is 6.04 Å². The summed E-state index contributed by atoms with van der Waals surface area (Å²) < 4.78 is 13.6. The Balaban J connectivity index is 1.24. The molecule has 1 aliphatic heterocycles. The van der Waals surface area contributed by atoms with E-state index in [1.165, 1.54) is 6.26 Å². The number of rotatable bonds is 6. The second kappa shape index (κ2) is 9.89. The quantitative estimate of drug-likeness (QED) is 0.223. The number of hydrogen-bond acceptors (Lipinski definition) is 5. The van der Waals surface area contributed by atoms with Gasteiger partial charge < -0.3 is 16.0 Å². The molecule has 2 heterocycles. The van der Waals surface area contributed by atoms with Gasteiger partial charge in [0.15, 0.2) is 18.8 Å². The summed E-state index contributed by atoms with van der Waals surface area (Å²) >= 11 is 0. The van der Waals surface area contributed by atoms with Gasteiger partial charge in [-0.15, -0.1) is 0 Å². The minimum Gasteiger partial charge on any atom is -0.371 e. The molecule has 186 valence electrons. The van der Waals surface area contributed by atoms with Crippen molar-refractivity contribution in [3.63, 3.8) is 0 Å². The van der Waals surface area contributed by atoms with Gasteiger partial charge in [-0.25, -0.2) is 9.98 Å². The summed E-state index contributed by atoms with van der Waals surface area (Å²) in [5.41, 5.74) is 5.05. The fourth-order valence-corrected chi connectivity index (χ4v) is 5.08. The molecule has 1 aromatic heterocycles. The summed E-state index contributed by atoms with van der Waals surface area (Å²) in [4.78, 5) is 20.7. The topological polar surface area (TPSA) is 117 Å². The van der Waals surface area contributed by atoms with Crippen LogP contribution >= 0.6 is 0 Å². The number of hydrogen-bond donors (Lipinski definition) is 4. The van der Waals surface area contributed by atoms with Crippen molar-refractivity contribution in [3.05, 3.63) is 96.0 Å². The van der Waals surface area contributed by atoms with E-state index in [1.54, 1.807) is 28.3 Å². The smallest absolute Gasteiger partial charge is 0.255 e. The molecule has 0 saturated carbocycles. The van der Waals surface area contributed by atoms with Gasteiger partial charge in [0.2, 0.25) is 9.92 Å². The number of benzene rings is 3. The third kappa shape index (κ3) is 5.53. The Kier molecular flexibility index (Phi) is 6.48. The molecular formula is C27H26N7O2S+. The van der Waals surface area contributed by atoms with Crippen LogP contribution in [0.4, 0.5) is 28.4 Å². The zero-order chi connectivity index (χ0) is 26.0. The molecule has 1 saturated heterocycles.